The number of nitrogens with two attached hydrogens (primary N) is 1. The maximum absolute atomic E-state index is 14.2. The third-order valence-corrected chi connectivity index (χ3v) is 3.41. The zero-order chi connectivity index (χ0) is 15.5. The molecule has 1 aromatic heterocycles. The molecule has 0 fully saturated rings. The third kappa shape index (κ3) is 2.89. The van der Waals surface area contributed by atoms with E-state index in [4.69, 9.17) is 26.6 Å². The zero-order valence-corrected chi connectivity index (χ0v) is 12.2. The Morgan fingerprint density at radius 3 is 2.64 bits per heavy atom. The van der Waals surface area contributed by atoms with Crippen LogP contribution in [0.4, 0.5) is 10.3 Å². The largest absolute Gasteiger partial charge is 0.484 e. The molecule has 3 aromatic rings. The second-order valence-electron chi connectivity index (χ2n) is 4.65. The average Bonchev–Trinajstić information content (AvgIpc) is 2.93. The molecule has 6 heteroatoms. The normalized spacial score (nSPS) is 10.6. The van der Waals surface area contributed by atoms with Crippen LogP contribution in [0, 0.1) is 5.82 Å². The Morgan fingerprint density at radius 2 is 2.00 bits per heavy atom. The first-order chi connectivity index (χ1) is 10.6. The minimum atomic E-state index is -0.570. The van der Waals surface area contributed by atoms with Crippen LogP contribution in [0.2, 0.25) is 5.02 Å². The molecule has 0 saturated carbocycles. The number of benzene rings is 2. The molecule has 1 heterocycles. The molecule has 0 aliphatic carbocycles. The van der Waals surface area contributed by atoms with Crippen LogP contribution in [0.5, 0.6) is 5.75 Å². The molecular weight excluding hydrogens is 307 g/mol. The van der Waals surface area contributed by atoms with Crippen LogP contribution >= 0.6 is 11.6 Å². The summed E-state index contributed by atoms with van der Waals surface area (Å²) < 4.78 is 24.5. The second-order valence-corrected chi connectivity index (χ2v) is 5.05. The highest BCUT2D eigenvalue weighted by atomic mass is 35.5. The van der Waals surface area contributed by atoms with E-state index in [2.05, 4.69) is 5.16 Å². The van der Waals surface area contributed by atoms with Gasteiger partial charge in [-0.15, -0.1) is 0 Å². The van der Waals surface area contributed by atoms with Crippen LogP contribution in [0.25, 0.3) is 11.1 Å². The monoisotopic (exact) mass is 318 g/mol. The average molecular weight is 319 g/mol. The number of nitrogen functional groups attached to an aromatic ring is 1. The van der Waals surface area contributed by atoms with Crippen molar-refractivity contribution in [2.45, 2.75) is 6.61 Å². The van der Waals surface area contributed by atoms with Gasteiger partial charge in [0.2, 0.25) is 5.88 Å². The summed E-state index contributed by atoms with van der Waals surface area (Å²) in [5.41, 5.74) is 7.50. The maximum atomic E-state index is 14.2. The molecule has 0 radical (unpaired) electrons. The SMILES string of the molecule is Nc1oncc1-c1cc(F)c(OCc2ccccc2)c(Cl)c1. The van der Waals surface area contributed by atoms with Gasteiger partial charge in [0.25, 0.3) is 0 Å². The topological polar surface area (TPSA) is 61.3 Å². The number of rotatable bonds is 4. The number of nitrogens with zero attached hydrogens (tertiary/aromatic N) is 1. The van der Waals surface area contributed by atoms with Gasteiger partial charge in [-0.25, -0.2) is 4.39 Å². The van der Waals surface area contributed by atoms with Crippen LogP contribution in [0.3, 0.4) is 0 Å². The summed E-state index contributed by atoms with van der Waals surface area (Å²) in [6.45, 7) is 0.228. The molecular formula is C16H12ClFN2O2. The fraction of sp³-hybridized carbons (Fsp3) is 0.0625. The Kier molecular flexibility index (Phi) is 3.98. The molecule has 112 valence electrons. The second kappa shape index (κ2) is 6.07. The van der Waals surface area contributed by atoms with Gasteiger partial charge in [0.05, 0.1) is 16.8 Å². The van der Waals surface area contributed by atoms with Gasteiger partial charge in [-0.05, 0) is 23.3 Å². The van der Waals surface area contributed by atoms with Crippen molar-refractivity contribution in [3.8, 4) is 16.9 Å². The van der Waals surface area contributed by atoms with Gasteiger partial charge >= 0.3 is 0 Å². The van der Waals surface area contributed by atoms with Gasteiger partial charge in [-0.2, -0.15) is 0 Å². The van der Waals surface area contributed by atoms with Gasteiger partial charge in [0.15, 0.2) is 11.6 Å². The molecule has 0 unspecified atom stereocenters. The quantitative estimate of drug-likeness (QED) is 0.779. The molecule has 22 heavy (non-hydrogen) atoms. The zero-order valence-electron chi connectivity index (χ0n) is 11.4. The van der Waals surface area contributed by atoms with E-state index in [-0.39, 0.29) is 23.3 Å². The van der Waals surface area contributed by atoms with E-state index < -0.39 is 5.82 Å². The minimum absolute atomic E-state index is 0.00398. The number of anilines is 1. The molecule has 2 aromatic carbocycles. The lowest BCUT2D eigenvalue weighted by Gasteiger charge is -2.10. The maximum Gasteiger partial charge on any atom is 0.229 e. The summed E-state index contributed by atoms with van der Waals surface area (Å²) >= 11 is 6.11. The van der Waals surface area contributed by atoms with E-state index in [0.717, 1.165) is 5.56 Å². The molecule has 0 aliphatic rings. The summed E-state index contributed by atoms with van der Waals surface area (Å²) in [6.07, 6.45) is 1.41. The molecule has 4 nitrogen and oxygen atoms in total. The predicted molar refractivity (Wildman–Crippen MR) is 82.1 cm³/mol. The summed E-state index contributed by atoms with van der Waals surface area (Å²) in [5, 5.41) is 3.72. The number of halogens is 2. The minimum Gasteiger partial charge on any atom is -0.484 e. The summed E-state index contributed by atoms with van der Waals surface area (Å²) in [5.74, 6) is -0.461. The molecule has 3 rings (SSSR count). The summed E-state index contributed by atoms with van der Waals surface area (Å²) in [4.78, 5) is 0. The highest BCUT2D eigenvalue weighted by Gasteiger charge is 2.15. The third-order valence-electron chi connectivity index (χ3n) is 3.13. The van der Waals surface area contributed by atoms with Crippen molar-refractivity contribution >= 4 is 17.5 Å². The van der Waals surface area contributed by atoms with Crippen molar-refractivity contribution in [1.82, 2.24) is 5.16 Å². The standard InChI is InChI=1S/C16H12ClFN2O2/c17-13-6-11(12-8-20-22-16(12)19)7-14(18)15(13)21-9-10-4-2-1-3-5-10/h1-8H,9,19H2. The number of hydrogen-bond donors (Lipinski definition) is 1. The van der Waals surface area contributed by atoms with Crippen molar-refractivity contribution in [2.24, 2.45) is 0 Å². The lowest BCUT2D eigenvalue weighted by molar-refractivity contribution is 0.290. The Morgan fingerprint density at radius 1 is 1.23 bits per heavy atom. The van der Waals surface area contributed by atoms with E-state index in [9.17, 15) is 4.39 Å². The molecule has 2 N–H and O–H groups in total. The summed E-state index contributed by atoms with van der Waals surface area (Å²) in [6, 6.07) is 12.3. The lowest BCUT2D eigenvalue weighted by atomic mass is 10.1. The number of hydrogen-bond acceptors (Lipinski definition) is 4. The Bertz CT molecular complexity index is 767. The highest BCUT2D eigenvalue weighted by molar-refractivity contribution is 6.32. The van der Waals surface area contributed by atoms with Crippen molar-refractivity contribution < 1.29 is 13.7 Å². The van der Waals surface area contributed by atoms with E-state index in [1.165, 1.54) is 12.3 Å². The van der Waals surface area contributed by atoms with E-state index in [0.29, 0.717) is 11.1 Å². The fourth-order valence-electron chi connectivity index (χ4n) is 2.05. The van der Waals surface area contributed by atoms with E-state index >= 15 is 0 Å². The Balaban J connectivity index is 1.86. The number of aromatic nitrogens is 1. The van der Waals surface area contributed by atoms with Crippen LogP contribution in [-0.4, -0.2) is 5.16 Å². The highest BCUT2D eigenvalue weighted by Crippen LogP contribution is 2.35. The van der Waals surface area contributed by atoms with Gasteiger partial charge < -0.3 is 15.0 Å². The van der Waals surface area contributed by atoms with Gasteiger partial charge in [-0.1, -0.05) is 47.1 Å². The molecule has 0 aliphatic heterocycles. The van der Waals surface area contributed by atoms with Crippen molar-refractivity contribution in [1.29, 1.82) is 0 Å². The van der Waals surface area contributed by atoms with E-state index in [1.54, 1.807) is 6.07 Å². The van der Waals surface area contributed by atoms with E-state index in [1.807, 2.05) is 30.3 Å². The molecule has 0 amide bonds. The predicted octanol–water partition coefficient (Wildman–Crippen LogP) is 4.30. The first-order valence-electron chi connectivity index (χ1n) is 6.51. The fourth-order valence-corrected chi connectivity index (χ4v) is 2.31. The van der Waals surface area contributed by atoms with Gasteiger partial charge in [0, 0.05) is 0 Å². The van der Waals surface area contributed by atoms with Crippen molar-refractivity contribution in [2.75, 3.05) is 5.73 Å². The molecule has 0 atom stereocenters. The Labute approximate surface area is 131 Å². The molecule has 0 bridgehead atoms. The van der Waals surface area contributed by atoms with Gasteiger partial charge in [-0.3, -0.25) is 0 Å². The van der Waals surface area contributed by atoms with Crippen LogP contribution in [0.1, 0.15) is 5.56 Å². The number of ether oxygens (including phenoxy) is 1. The molecule has 0 saturated heterocycles. The van der Waals surface area contributed by atoms with Crippen molar-refractivity contribution in [3.63, 3.8) is 0 Å². The van der Waals surface area contributed by atoms with Gasteiger partial charge in [0.1, 0.15) is 6.61 Å². The van der Waals surface area contributed by atoms with Crippen LogP contribution in [-0.2, 0) is 6.61 Å². The van der Waals surface area contributed by atoms with Crippen LogP contribution in [0.15, 0.2) is 53.2 Å². The summed E-state index contributed by atoms with van der Waals surface area (Å²) in [7, 11) is 0. The van der Waals surface area contributed by atoms with Crippen molar-refractivity contribution in [3.05, 3.63) is 65.1 Å². The van der Waals surface area contributed by atoms with Crippen LogP contribution < -0.4 is 10.5 Å². The first kappa shape index (κ1) is 14.4. The molecule has 0 spiro atoms. The lowest BCUT2D eigenvalue weighted by Crippen LogP contribution is -1.98. The first-order valence-corrected chi connectivity index (χ1v) is 6.89. The smallest absolute Gasteiger partial charge is 0.229 e. The Hall–Kier alpha value is -2.53.